The van der Waals surface area contributed by atoms with Crippen molar-refractivity contribution in [3.8, 4) is 5.75 Å². The largest absolute Gasteiger partial charge is 0.497 e. The van der Waals surface area contributed by atoms with Gasteiger partial charge in [0.25, 0.3) is 0 Å². The lowest BCUT2D eigenvalue weighted by molar-refractivity contribution is -0.124. The number of ether oxygens (including phenoxy) is 1. The van der Waals surface area contributed by atoms with Crippen LogP contribution >= 0.6 is 11.8 Å². The molecular formula is C24H23N5O3S. The van der Waals surface area contributed by atoms with Gasteiger partial charge in [-0.2, -0.15) is 5.10 Å². The summed E-state index contributed by atoms with van der Waals surface area (Å²) in [6.07, 6.45) is 3.07. The van der Waals surface area contributed by atoms with E-state index in [2.05, 4.69) is 34.0 Å². The van der Waals surface area contributed by atoms with Crippen LogP contribution < -0.4 is 4.74 Å². The Kier molecular flexibility index (Phi) is 4.52. The summed E-state index contributed by atoms with van der Waals surface area (Å²) in [5.74, 6) is 1.89. The SMILES string of the molecule is COc1ccc2nc(Sc3ccc(C4c5cn[nH]c5N=C5CC(C)(C)CC(=O)C54)o3)[nH]c2c1. The molecule has 9 heteroatoms. The number of hydrogen-bond acceptors (Lipinski definition) is 7. The van der Waals surface area contributed by atoms with Crippen LogP contribution in [0.3, 0.4) is 0 Å². The summed E-state index contributed by atoms with van der Waals surface area (Å²) in [6.45, 7) is 4.23. The first kappa shape index (κ1) is 20.3. The molecule has 3 aromatic heterocycles. The van der Waals surface area contributed by atoms with E-state index in [1.807, 2.05) is 30.3 Å². The number of hydrogen-bond donors (Lipinski definition) is 2. The molecule has 1 aliphatic carbocycles. The van der Waals surface area contributed by atoms with Crippen LogP contribution in [0.15, 0.2) is 56.2 Å². The van der Waals surface area contributed by atoms with Gasteiger partial charge in [0.1, 0.15) is 17.3 Å². The number of carbonyl (C=O) groups excluding carboxylic acids is 1. The molecule has 1 aliphatic heterocycles. The quantitative estimate of drug-likeness (QED) is 0.429. The molecule has 168 valence electrons. The summed E-state index contributed by atoms with van der Waals surface area (Å²) in [6, 6.07) is 9.60. The van der Waals surface area contributed by atoms with Crippen LogP contribution in [0.4, 0.5) is 5.82 Å². The molecule has 4 aromatic rings. The molecule has 33 heavy (non-hydrogen) atoms. The van der Waals surface area contributed by atoms with E-state index < -0.39 is 0 Å². The predicted octanol–water partition coefficient (Wildman–Crippen LogP) is 5.26. The standard InChI is InChI=1S/C24H23N5O3S/c1-24(2)9-16-21(17(30)10-24)20(13-11-25-29-22(13)26-16)18-6-7-19(32-18)33-23-27-14-5-4-12(31-3)8-15(14)28-23/h4-8,11,20-21H,9-10H2,1-3H3,(H,25,29)(H,27,28). The maximum Gasteiger partial charge on any atom is 0.174 e. The number of aliphatic imine (C=N–C) groups is 1. The first-order valence-electron chi connectivity index (χ1n) is 10.8. The molecule has 2 atom stereocenters. The molecule has 0 saturated heterocycles. The summed E-state index contributed by atoms with van der Waals surface area (Å²) in [7, 11) is 1.64. The van der Waals surface area contributed by atoms with E-state index in [4.69, 9.17) is 14.1 Å². The molecule has 2 unspecified atom stereocenters. The number of fused-ring (bicyclic) bond motifs is 3. The van der Waals surface area contributed by atoms with Gasteiger partial charge in [-0.05, 0) is 47.9 Å². The van der Waals surface area contributed by atoms with Crippen molar-refractivity contribution < 1.29 is 13.9 Å². The number of benzene rings is 1. The highest BCUT2D eigenvalue weighted by atomic mass is 32.2. The Morgan fingerprint density at radius 1 is 1.18 bits per heavy atom. The third-order valence-electron chi connectivity index (χ3n) is 6.36. The molecule has 8 nitrogen and oxygen atoms in total. The topological polar surface area (TPSA) is 109 Å². The lowest BCUT2D eigenvalue weighted by Gasteiger charge is -2.39. The first-order chi connectivity index (χ1) is 15.9. The molecule has 1 saturated carbocycles. The number of nitrogens with one attached hydrogen (secondary N) is 2. The number of aromatic amines is 2. The van der Waals surface area contributed by atoms with Gasteiger partial charge in [-0.25, -0.2) is 9.98 Å². The highest BCUT2D eigenvalue weighted by molar-refractivity contribution is 7.99. The average Bonchev–Trinajstić information content (AvgIpc) is 3.50. The first-order valence-corrected chi connectivity index (χ1v) is 11.7. The number of ketones is 1. The van der Waals surface area contributed by atoms with Crippen molar-refractivity contribution in [1.29, 1.82) is 0 Å². The van der Waals surface area contributed by atoms with Crippen LogP contribution in [-0.4, -0.2) is 38.8 Å². The zero-order valence-corrected chi connectivity index (χ0v) is 19.3. The molecule has 4 heterocycles. The van der Waals surface area contributed by atoms with Crippen LogP contribution in [0.5, 0.6) is 5.75 Å². The fourth-order valence-corrected chi connectivity index (χ4v) is 5.73. The second-order valence-corrected chi connectivity index (χ2v) is 10.4. The molecule has 0 spiro atoms. The van der Waals surface area contributed by atoms with Crippen molar-refractivity contribution in [2.45, 2.75) is 42.9 Å². The Morgan fingerprint density at radius 3 is 2.91 bits per heavy atom. The number of aromatic nitrogens is 4. The summed E-state index contributed by atoms with van der Waals surface area (Å²) in [5.41, 5.74) is 3.48. The molecule has 2 aliphatic rings. The van der Waals surface area contributed by atoms with Gasteiger partial charge >= 0.3 is 0 Å². The molecule has 1 aromatic carbocycles. The minimum Gasteiger partial charge on any atom is -0.497 e. The second-order valence-electron chi connectivity index (χ2n) is 9.40. The van der Waals surface area contributed by atoms with E-state index in [0.717, 1.165) is 45.4 Å². The van der Waals surface area contributed by atoms with Crippen molar-refractivity contribution in [1.82, 2.24) is 20.2 Å². The van der Waals surface area contributed by atoms with Gasteiger partial charge in [0.05, 0.1) is 36.2 Å². The van der Waals surface area contributed by atoms with Crippen molar-refractivity contribution in [3.05, 3.63) is 47.9 Å². The Labute approximate surface area is 194 Å². The Hall–Kier alpha value is -3.33. The number of methoxy groups -OCH3 is 1. The maximum absolute atomic E-state index is 13.2. The maximum atomic E-state index is 13.2. The van der Waals surface area contributed by atoms with Crippen molar-refractivity contribution in [2.24, 2.45) is 16.3 Å². The van der Waals surface area contributed by atoms with E-state index in [0.29, 0.717) is 17.3 Å². The fourth-order valence-electron chi connectivity index (χ4n) is 4.96. The van der Waals surface area contributed by atoms with Gasteiger partial charge in [-0.1, -0.05) is 13.8 Å². The highest BCUT2D eigenvalue weighted by Crippen LogP contribution is 2.49. The molecule has 6 rings (SSSR count). The van der Waals surface area contributed by atoms with E-state index >= 15 is 0 Å². The Bertz CT molecular complexity index is 1410. The summed E-state index contributed by atoms with van der Waals surface area (Å²) in [5, 5.41) is 8.61. The number of Topliss-reactive ketones (excluding diaryl/α,β-unsaturated/α-hetero) is 1. The monoisotopic (exact) mass is 461 g/mol. The van der Waals surface area contributed by atoms with Gasteiger partial charge in [-0.3, -0.25) is 9.89 Å². The summed E-state index contributed by atoms with van der Waals surface area (Å²) in [4.78, 5) is 25.9. The average molecular weight is 462 g/mol. The smallest absolute Gasteiger partial charge is 0.174 e. The third-order valence-corrected chi connectivity index (χ3v) is 7.17. The number of H-pyrrole nitrogens is 2. The van der Waals surface area contributed by atoms with E-state index in [9.17, 15) is 4.79 Å². The number of furan rings is 1. The zero-order chi connectivity index (χ0) is 22.7. The van der Waals surface area contributed by atoms with Crippen molar-refractivity contribution >= 4 is 40.1 Å². The lowest BCUT2D eigenvalue weighted by atomic mass is 9.65. The Balaban J connectivity index is 1.33. The lowest BCUT2D eigenvalue weighted by Crippen LogP contribution is -2.42. The van der Waals surface area contributed by atoms with Gasteiger partial charge in [0.15, 0.2) is 16.1 Å². The molecule has 2 N–H and O–H groups in total. The van der Waals surface area contributed by atoms with E-state index in [1.165, 1.54) is 11.8 Å². The number of rotatable bonds is 4. The van der Waals surface area contributed by atoms with E-state index in [1.54, 1.807) is 13.3 Å². The number of nitrogens with zero attached hydrogens (tertiary/aromatic N) is 3. The minimum absolute atomic E-state index is 0.0946. The van der Waals surface area contributed by atoms with Crippen LogP contribution in [0.25, 0.3) is 11.0 Å². The molecule has 0 bridgehead atoms. The van der Waals surface area contributed by atoms with Crippen LogP contribution in [0, 0.1) is 11.3 Å². The molecular weight excluding hydrogens is 438 g/mol. The van der Waals surface area contributed by atoms with Crippen molar-refractivity contribution in [2.75, 3.05) is 7.11 Å². The predicted molar refractivity (Wildman–Crippen MR) is 125 cm³/mol. The fraction of sp³-hybridized carbons (Fsp3) is 0.333. The van der Waals surface area contributed by atoms with Gasteiger partial charge in [-0.15, -0.1) is 0 Å². The van der Waals surface area contributed by atoms with Crippen LogP contribution in [0.1, 0.15) is 43.9 Å². The second kappa shape index (κ2) is 7.34. The van der Waals surface area contributed by atoms with Gasteiger partial charge in [0.2, 0.25) is 0 Å². The zero-order valence-electron chi connectivity index (χ0n) is 18.5. The normalized spacial score (nSPS) is 21.5. The summed E-state index contributed by atoms with van der Waals surface area (Å²) >= 11 is 1.41. The summed E-state index contributed by atoms with van der Waals surface area (Å²) < 4.78 is 11.6. The number of imidazole rings is 1. The van der Waals surface area contributed by atoms with Gasteiger partial charge < -0.3 is 14.1 Å². The number of carbonyl (C=O) groups is 1. The minimum atomic E-state index is -0.314. The van der Waals surface area contributed by atoms with Crippen LogP contribution in [-0.2, 0) is 4.79 Å². The van der Waals surface area contributed by atoms with Crippen molar-refractivity contribution in [3.63, 3.8) is 0 Å². The molecule has 0 amide bonds. The molecule has 0 radical (unpaired) electrons. The van der Waals surface area contributed by atoms with Gasteiger partial charge in [0, 0.05) is 23.8 Å². The van der Waals surface area contributed by atoms with Crippen LogP contribution in [0.2, 0.25) is 0 Å². The molecule has 1 fully saturated rings. The highest BCUT2D eigenvalue weighted by Gasteiger charge is 2.47. The van der Waals surface area contributed by atoms with E-state index in [-0.39, 0.29) is 23.0 Å². The third kappa shape index (κ3) is 3.47. The Morgan fingerprint density at radius 2 is 2.06 bits per heavy atom.